The molecule has 0 atom stereocenters. The Bertz CT molecular complexity index is 632. The molecule has 0 saturated heterocycles. The molecular formula is C15H13Cl2FN2O. The second-order valence-corrected chi connectivity index (χ2v) is 5.12. The fraction of sp³-hybridized carbons (Fsp3) is 0.133. The molecule has 0 fully saturated rings. The molecule has 2 N–H and O–H groups in total. The number of amides is 1. The Balaban J connectivity index is 1.82. The molecule has 2 aromatic carbocycles. The monoisotopic (exact) mass is 326 g/mol. The summed E-state index contributed by atoms with van der Waals surface area (Å²) in [6.07, 6.45) is 0.250. The van der Waals surface area contributed by atoms with E-state index in [4.69, 9.17) is 23.2 Å². The van der Waals surface area contributed by atoms with E-state index in [1.54, 1.807) is 30.3 Å². The van der Waals surface area contributed by atoms with Crippen molar-refractivity contribution in [3.8, 4) is 0 Å². The number of hydrogen-bond acceptors (Lipinski definition) is 2. The van der Waals surface area contributed by atoms with Gasteiger partial charge in [-0.1, -0.05) is 29.3 Å². The minimum atomic E-state index is -0.297. The van der Waals surface area contributed by atoms with Gasteiger partial charge < -0.3 is 10.6 Å². The van der Waals surface area contributed by atoms with Crippen molar-refractivity contribution in [2.24, 2.45) is 0 Å². The highest BCUT2D eigenvalue weighted by Gasteiger charge is 2.08. The molecule has 2 rings (SSSR count). The average Bonchev–Trinajstić information content (AvgIpc) is 2.46. The summed E-state index contributed by atoms with van der Waals surface area (Å²) in [4.78, 5) is 11.8. The molecule has 0 radical (unpaired) electrons. The van der Waals surface area contributed by atoms with Crippen LogP contribution in [0.25, 0.3) is 0 Å². The maximum atomic E-state index is 12.7. The van der Waals surface area contributed by atoms with Gasteiger partial charge >= 0.3 is 0 Å². The molecule has 0 bridgehead atoms. The molecule has 0 aromatic heterocycles. The number of nitrogens with one attached hydrogen (secondary N) is 2. The average molecular weight is 327 g/mol. The molecule has 0 heterocycles. The van der Waals surface area contributed by atoms with Crippen LogP contribution in [0.5, 0.6) is 0 Å². The Morgan fingerprint density at radius 1 is 1.10 bits per heavy atom. The van der Waals surface area contributed by atoms with Crippen LogP contribution in [0.3, 0.4) is 0 Å². The van der Waals surface area contributed by atoms with E-state index in [0.29, 0.717) is 22.3 Å². The van der Waals surface area contributed by atoms with Crippen LogP contribution in [0.1, 0.15) is 6.42 Å². The van der Waals surface area contributed by atoms with E-state index in [2.05, 4.69) is 10.6 Å². The topological polar surface area (TPSA) is 41.1 Å². The van der Waals surface area contributed by atoms with Crippen LogP contribution in [0.4, 0.5) is 15.8 Å². The van der Waals surface area contributed by atoms with Crippen molar-refractivity contribution in [1.29, 1.82) is 0 Å². The lowest BCUT2D eigenvalue weighted by atomic mass is 10.3. The number of anilines is 2. The largest absolute Gasteiger partial charge is 0.385 e. The van der Waals surface area contributed by atoms with E-state index in [-0.39, 0.29) is 18.1 Å². The molecule has 1 amide bonds. The van der Waals surface area contributed by atoms with Crippen molar-refractivity contribution < 1.29 is 9.18 Å². The van der Waals surface area contributed by atoms with Crippen LogP contribution >= 0.6 is 23.2 Å². The zero-order chi connectivity index (χ0) is 15.2. The molecule has 0 aliphatic rings. The van der Waals surface area contributed by atoms with E-state index in [1.165, 1.54) is 12.1 Å². The fourth-order valence-electron chi connectivity index (χ4n) is 1.70. The smallest absolute Gasteiger partial charge is 0.226 e. The molecule has 6 heteroatoms. The van der Waals surface area contributed by atoms with Crippen molar-refractivity contribution in [3.05, 3.63) is 58.3 Å². The molecule has 2 aromatic rings. The standard InChI is InChI=1S/C15H13Cl2FN2O/c16-12-2-1-3-13(15(12)17)20-14(21)8-9-19-11-6-4-10(18)5-7-11/h1-7,19H,8-9H2,(H,20,21). The van der Waals surface area contributed by atoms with Gasteiger partial charge in [-0.25, -0.2) is 4.39 Å². The summed E-state index contributed by atoms with van der Waals surface area (Å²) in [6, 6.07) is 11.0. The normalized spacial score (nSPS) is 10.2. The lowest BCUT2D eigenvalue weighted by Crippen LogP contribution is -2.16. The van der Waals surface area contributed by atoms with Crippen molar-refractivity contribution in [2.75, 3.05) is 17.2 Å². The van der Waals surface area contributed by atoms with Gasteiger partial charge in [0.25, 0.3) is 0 Å². The molecule has 3 nitrogen and oxygen atoms in total. The van der Waals surface area contributed by atoms with E-state index in [1.807, 2.05) is 0 Å². The first kappa shape index (κ1) is 15.6. The summed E-state index contributed by atoms with van der Waals surface area (Å²) < 4.78 is 12.7. The Kier molecular flexibility index (Phi) is 5.42. The third-order valence-corrected chi connectivity index (χ3v) is 3.57. The summed E-state index contributed by atoms with van der Waals surface area (Å²) in [6.45, 7) is 0.426. The Hall–Kier alpha value is -1.78. The van der Waals surface area contributed by atoms with Crippen LogP contribution < -0.4 is 10.6 Å². The quantitative estimate of drug-likeness (QED) is 0.844. The Morgan fingerprint density at radius 2 is 1.81 bits per heavy atom. The molecule has 21 heavy (non-hydrogen) atoms. The van der Waals surface area contributed by atoms with Crippen LogP contribution in [0.2, 0.25) is 10.0 Å². The summed E-state index contributed by atoms with van der Waals surface area (Å²) in [7, 11) is 0. The third-order valence-electron chi connectivity index (χ3n) is 2.75. The number of carbonyl (C=O) groups excluding carboxylic acids is 1. The van der Waals surface area contributed by atoms with Gasteiger partial charge in [-0.3, -0.25) is 4.79 Å². The van der Waals surface area contributed by atoms with E-state index < -0.39 is 0 Å². The van der Waals surface area contributed by atoms with Crippen LogP contribution in [0.15, 0.2) is 42.5 Å². The lowest BCUT2D eigenvalue weighted by Gasteiger charge is -2.09. The first-order valence-electron chi connectivity index (χ1n) is 6.29. The lowest BCUT2D eigenvalue weighted by molar-refractivity contribution is -0.115. The molecule has 110 valence electrons. The number of benzene rings is 2. The Morgan fingerprint density at radius 3 is 2.52 bits per heavy atom. The highest BCUT2D eigenvalue weighted by molar-refractivity contribution is 6.43. The minimum absolute atomic E-state index is 0.186. The zero-order valence-corrected chi connectivity index (χ0v) is 12.5. The molecular weight excluding hydrogens is 314 g/mol. The summed E-state index contributed by atoms with van der Waals surface area (Å²) in [5.41, 5.74) is 1.24. The first-order chi connectivity index (χ1) is 10.1. The minimum Gasteiger partial charge on any atom is -0.385 e. The van der Waals surface area contributed by atoms with Crippen molar-refractivity contribution in [1.82, 2.24) is 0 Å². The molecule has 0 aliphatic carbocycles. The van der Waals surface area contributed by atoms with Crippen molar-refractivity contribution >= 4 is 40.5 Å². The maximum Gasteiger partial charge on any atom is 0.226 e. The van der Waals surface area contributed by atoms with Gasteiger partial charge in [0.1, 0.15) is 5.82 Å². The van der Waals surface area contributed by atoms with Gasteiger partial charge in [0.2, 0.25) is 5.91 Å². The second-order valence-electron chi connectivity index (χ2n) is 4.33. The molecule has 0 unspecified atom stereocenters. The van der Waals surface area contributed by atoms with Gasteiger partial charge in [0.15, 0.2) is 0 Å². The SMILES string of the molecule is O=C(CCNc1ccc(F)cc1)Nc1cccc(Cl)c1Cl. The van der Waals surface area contributed by atoms with E-state index >= 15 is 0 Å². The van der Waals surface area contributed by atoms with Crippen LogP contribution in [-0.2, 0) is 4.79 Å². The number of carbonyl (C=O) groups is 1. The van der Waals surface area contributed by atoms with Gasteiger partial charge in [-0.15, -0.1) is 0 Å². The van der Waals surface area contributed by atoms with Crippen LogP contribution in [-0.4, -0.2) is 12.5 Å². The summed E-state index contributed by atoms with van der Waals surface area (Å²) in [5.74, 6) is -0.484. The Labute approximate surface area is 132 Å². The molecule has 0 saturated carbocycles. The number of hydrogen-bond donors (Lipinski definition) is 2. The predicted molar refractivity (Wildman–Crippen MR) is 84.6 cm³/mol. The highest BCUT2D eigenvalue weighted by Crippen LogP contribution is 2.29. The van der Waals surface area contributed by atoms with Crippen molar-refractivity contribution in [2.45, 2.75) is 6.42 Å². The fourth-order valence-corrected chi connectivity index (χ4v) is 2.05. The maximum absolute atomic E-state index is 12.7. The van der Waals surface area contributed by atoms with Gasteiger partial charge in [0.05, 0.1) is 15.7 Å². The number of halogens is 3. The third kappa shape index (κ3) is 4.62. The van der Waals surface area contributed by atoms with Crippen LogP contribution in [0, 0.1) is 5.82 Å². The highest BCUT2D eigenvalue weighted by atomic mass is 35.5. The summed E-state index contributed by atoms with van der Waals surface area (Å²) in [5, 5.41) is 6.43. The molecule has 0 aliphatic heterocycles. The van der Waals surface area contributed by atoms with Crippen molar-refractivity contribution in [3.63, 3.8) is 0 Å². The van der Waals surface area contributed by atoms with E-state index in [0.717, 1.165) is 5.69 Å². The number of rotatable bonds is 5. The van der Waals surface area contributed by atoms with E-state index in [9.17, 15) is 9.18 Å². The first-order valence-corrected chi connectivity index (χ1v) is 7.05. The molecule has 0 spiro atoms. The zero-order valence-electron chi connectivity index (χ0n) is 11.0. The van der Waals surface area contributed by atoms with Gasteiger partial charge in [-0.2, -0.15) is 0 Å². The van der Waals surface area contributed by atoms with Gasteiger partial charge in [-0.05, 0) is 36.4 Å². The predicted octanol–water partition coefficient (Wildman–Crippen LogP) is 4.57. The van der Waals surface area contributed by atoms with Gasteiger partial charge in [0, 0.05) is 18.7 Å². The summed E-state index contributed by atoms with van der Waals surface area (Å²) >= 11 is 11.9. The second kappa shape index (κ2) is 7.29.